The van der Waals surface area contributed by atoms with Crippen molar-refractivity contribution in [2.75, 3.05) is 6.61 Å². The number of benzene rings is 5. The number of carbonyl (C=O) groups is 1. The molecule has 0 spiro atoms. The molecule has 5 aromatic rings. The standard InChI is InChI=1S/C39H37O3P/c1-3-19-37(40)38(43(41,35-26-15-7-16-27-35)36-28-17-8-18-29-36)31(2)30-42-39(32-20-9-4-10-21-32,33-22-11-5-12-23-33)34-24-13-6-14-25-34/h3-29,31,38H,30H2,1-2H3/b19-3+/t31-,38-/m0/s1. The Morgan fingerprint density at radius 3 is 1.35 bits per heavy atom. The molecule has 0 saturated heterocycles. The number of hydrogen-bond acceptors (Lipinski definition) is 3. The molecular formula is C39H37O3P. The van der Waals surface area contributed by atoms with E-state index in [2.05, 4.69) is 36.4 Å². The van der Waals surface area contributed by atoms with Gasteiger partial charge >= 0.3 is 0 Å². The highest BCUT2D eigenvalue weighted by Crippen LogP contribution is 2.52. The van der Waals surface area contributed by atoms with Crippen LogP contribution in [-0.4, -0.2) is 18.0 Å². The van der Waals surface area contributed by atoms with Crippen LogP contribution in [0.2, 0.25) is 0 Å². The maximum Gasteiger partial charge on any atom is 0.166 e. The Morgan fingerprint density at radius 2 is 1.00 bits per heavy atom. The van der Waals surface area contributed by atoms with Gasteiger partial charge in [0.25, 0.3) is 0 Å². The van der Waals surface area contributed by atoms with Crippen molar-refractivity contribution >= 4 is 23.5 Å². The lowest BCUT2D eigenvalue weighted by atomic mass is 9.80. The second kappa shape index (κ2) is 13.8. The van der Waals surface area contributed by atoms with E-state index in [1.165, 1.54) is 0 Å². The normalized spacial score (nSPS) is 13.4. The summed E-state index contributed by atoms with van der Waals surface area (Å²) in [5, 5.41) is 1.33. The quantitative estimate of drug-likeness (QED) is 0.0844. The number of allylic oxidation sites excluding steroid dienone is 2. The van der Waals surface area contributed by atoms with Gasteiger partial charge in [0.15, 0.2) is 12.9 Å². The van der Waals surface area contributed by atoms with Crippen molar-refractivity contribution in [3.63, 3.8) is 0 Å². The molecule has 0 heterocycles. The lowest BCUT2D eigenvalue weighted by Crippen LogP contribution is -2.40. The fraction of sp³-hybridized carbons (Fsp3) is 0.154. The SMILES string of the molecule is C/C=C/C(=O)[C@H]([C@@H](C)COC(c1ccccc1)(c1ccccc1)c1ccccc1)P(=O)(c1ccccc1)c1ccccc1. The molecule has 0 bridgehead atoms. The smallest absolute Gasteiger partial charge is 0.166 e. The summed E-state index contributed by atoms with van der Waals surface area (Å²) in [6, 6.07) is 49.4. The predicted molar refractivity (Wildman–Crippen MR) is 178 cm³/mol. The molecule has 2 atom stereocenters. The maximum absolute atomic E-state index is 15.5. The molecule has 0 aromatic heterocycles. The average molecular weight is 585 g/mol. The zero-order chi connectivity index (χ0) is 30.1. The van der Waals surface area contributed by atoms with Gasteiger partial charge in [0.1, 0.15) is 5.60 Å². The van der Waals surface area contributed by atoms with Crippen molar-refractivity contribution in [3.8, 4) is 0 Å². The van der Waals surface area contributed by atoms with Crippen molar-refractivity contribution in [2.24, 2.45) is 5.92 Å². The molecule has 216 valence electrons. The highest BCUT2D eigenvalue weighted by Gasteiger charge is 2.45. The van der Waals surface area contributed by atoms with E-state index in [9.17, 15) is 4.79 Å². The Hall–Kier alpha value is -4.30. The van der Waals surface area contributed by atoms with Gasteiger partial charge < -0.3 is 9.30 Å². The molecule has 0 saturated carbocycles. The zero-order valence-corrected chi connectivity index (χ0v) is 25.5. The van der Waals surface area contributed by atoms with E-state index in [1.54, 1.807) is 12.2 Å². The van der Waals surface area contributed by atoms with Crippen LogP contribution in [0.25, 0.3) is 0 Å². The molecule has 4 heteroatoms. The zero-order valence-electron chi connectivity index (χ0n) is 24.6. The van der Waals surface area contributed by atoms with Gasteiger partial charge in [0, 0.05) is 10.6 Å². The first-order chi connectivity index (χ1) is 21.0. The highest BCUT2D eigenvalue weighted by atomic mass is 31.2. The third-order valence-electron chi connectivity index (χ3n) is 7.94. The Labute approximate surface area is 255 Å². The number of hydrogen-bond donors (Lipinski definition) is 0. The topological polar surface area (TPSA) is 43.4 Å². The van der Waals surface area contributed by atoms with Crippen LogP contribution in [0.15, 0.2) is 164 Å². The monoisotopic (exact) mass is 584 g/mol. The van der Waals surface area contributed by atoms with Crippen LogP contribution in [0.5, 0.6) is 0 Å². The summed E-state index contributed by atoms with van der Waals surface area (Å²) < 4.78 is 22.6. The molecule has 0 N–H and O–H groups in total. The number of ether oxygens (including phenoxy) is 1. The molecule has 0 amide bonds. The van der Waals surface area contributed by atoms with E-state index < -0.39 is 24.3 Å². The molecule has 0 aliphatic heterocycles. The Balaban J connectivity index is 1.65. The number of rotatable bonds is 12. The van der Waals surface area contributed by atoms with Gasteiger partial charge in [-0.15, -0.1) is 0 Å². The number of carbonyl (C=O) groups excluding carboxylic acids is 1. The fourth-order valence-corrected chi connectivity index (χ4v) is 9.38. The highest BCUT2D eigenvalue weighted by molar-refractivity contribution is 7.80. The average Bonchev–Trinajstić information content (AvgIpc) is 3.07. The molecule has 0 unspecified atom stereocenters. The van der Waals surface area contributed by atoms with E-state index in [0.717, 1.165) is 16.7 Å². The van der Waals surface area contributed by atoms with Gasteiger partial charge in [0.2, 0.25) is 0 Å². The first-order valence-corrected chi connectivity index (χ1v) is 16.5. The van der Waals surface area contributed by atoms with Crippen molar-refractivity contribution in [1.82, 2.24) is 0 Å². The first-order valence-electron chi connectivity index (χ1n) is 14.7. The van der Waals surface area contributed by atoms with Crippen molar-refractivity contribution in [2.45, 2.75) is 25.1 Å². The van der Waals surface area contributed by atoms with E-state index in [4.69, 9.17) is 4.74 Å². The van der Waals surface area contributed by atoms with Crippen LogP contribution in [0.1, 0.15) is 30.5 Å². The molecule has 43 heavy (non-hydrogen) atoms. The van der Waals surface area contributed by atoms with Crippen LogP contribution in [0, 0.1) is 5.92 Å². The summed E-state index contributed by atoms with van der Waals surface area (Å²) in [7, 11) is -3.45. The van der Waals surface area contributed by atoms with Crippen molar-refractivity contribution in [3.05, 3.63) is 181 Å². The maximum atomic E-state index is 15.5. The Bertz CT molecular complexity index is 1530. The van der Waals surface area contributed by atoms with Gasteiger partial charge in [-0.3, -0.25) is 4.79 Å². The summed E-state index contributed by atoms with van der Waals surface area (Å²) >= 11 is 0. The molecule has 0 radical (unpaired) electrons. The minimum Gasteiger partial charge on any atom is -0.361 e. The van der Waals surface area contributed by atoms with Gasteiger partial charge in [-0.2, -0.15) is 0 Å². The third kappa shape index (κ3) is 6.11. The molecule has 0 aliphatic carbocycles. The van der Waals surface area contributed by atoms with Crippen LogP contribution < -0.4 is 10.6 Å². The lowest BCUT2D eigenvalue weighted by molar-refractivity contribution is -0.115. The third-order valence-corrected chi connectivity index (χ3v) is 11.6. The van der Waals surface area contributed by atoms with Crippen LogP contribution in [0.4, 0.5) is 0 Å². The van der Waals surface area contributed by atoms with Gasteiger partial charge in [-0.25, -0.2) is 0 Å². The Kier molecular flexibility index (Phi) is 9.67. The summed E-state index contributed by atoms with van der Waals surface area (Å²) in [5.41, 5.74) is 1.16. The second-order valence-corrected chi connectivity index (χ2v) is 13.6. The lowest BCUT2D eigenvalue weighted by Gasteiger charge is -2.38. The molecule has 0 aliphatic rings. The van der Waals surface area contributed by atoms with Crippen molar-refractivity contribution < 1.29 is 14.1 Å². The van der Waals surface area contributed by atoms with Gasteiger partial charge in [-0.05, 0) is 35.6 Å². The molecule has 3 nitrogen and oxygen atoms in total. The molecular weight excluding hydrogens is 547 g/mol. The minimum absolute atomic E-state index is 0.167. The summed E-state index contributed by atoms with van der Waals surface area (Å²) in [5.74, 6) is -0.565. The van der Waals surface area contributed by atoms with E-state index in [1.807, 2.05) is 129 Å². The Morgan fingerprint density at radius 1 is 0.651 bits per heavy atom. The second-order valence-electron chi connectivity index (χ2n) is 10.7. The fourth-order valence-electron chi connectivity index (χ4n) is 5.97. The van der Waals surface area contributed by atoms with Gasteiger partial charge in [0.05, 0.1) is 12.3 Å². The first kappa shape index (κ1) is 30.2. The molecule has 5 aromatic carbocycles. The summed E-state index contributed by atoms with van der Waals surface area (Å²) in [6.07, 6.45) is 3.28. The van der Waals surface area contributed by atoms with E-state index in [-0.39, 0.29) is 12.4 Å². The van der Waals surface area contributed by atoms with Crippen molar-refractivity contribution in [1.29, 1.82) is 0 Å². The largest absolute Gasteiger partial charge is 0.361 e. The van der Waals surface area contributed by atoms with Gasteiger partial charge in [-0.1, -0.05) is 165 Å². The number of ketones is 1. The summed E-state index contributed by atoms with van der Waals surface area (Å²) in [6.45, 7) is 3.99. The predicted octanol–water partition coefficient (Wildman–Crippen LogP) is 8.16. The van der Waals surface area contributed by atoms with E-state index in [0.29, 0.717) is 10.6 Å². The molecule has 5 rings (SSSR count). The van der Waals surface area contributed by atoms with E-state index >= 15 is 4.57 Å². The van der Waals surface area contributed by atoms with Crippen LogP contribution >= 0.6 is 7.14 Å². The minimum atomic E-state index is -3.45. The molecule has 0 fully saturated rings. The van der Waals surface area contributed by atoms with Crippen LogP contribution in [0.3, 0.4) is 0 Å². The van der Waals surface area contributed by atoms with Crippen LogP contribution in [-0.2, 0) is 19.7 Å². The summed E-state index contributed by atoms with van der Waals surface area (Å²) in [4.78, 5) is 14.0.